The monoisotopic (exact) mass is 256 g/mol. The van der Waals surface area contributed by atoms with Gasteiger partial charge in [0.1, 0.15) is 0 Å². The lowest BCUT2D eigenvalue weighted by atomic mass is 10.1. The number of hydrogen-bond donors (Lipinski definition) is 1. The van der Waals surface area contributed by atoms with Crippen LogP contribution in [0.2, 0.25) is 0 Å². The first-order valence-electron chi connectivity index (χ1n) is 6.82. The average Bonchev–Trinajstić information content (AvgIpc) is 2.85. The summed E-state index contributed by atoms with van der Waals surface area (Å²) >= 11 is 0. The van der Waals surface area contributed by atoms with Gasteiger partial charge >= 0.3 is 0 Å². The third-order valence-electron chi connectivity index (χ3n) is 4.11. The minimum Gasteiger partial charge on any atom is -0.352 e. The van der Waals surface area contributed by atoms with E-state index in [0.717, 1.165) is 5.69 Å². The van der Waals surface area contributed by atoms with Crippen molar-refractivity contribution in [1.29, 1.82) is 0 Å². The Hall–Kier alpha value is -2.74. The highest BCUT2D eigenvalue weighted by atomic mass is 15.1. The molecule has 0 atom stereocenters. The first-order valence-corrected chi connectivity index (χ1v) is 6.82. The van der Waals surface area contributed by atoms with Crippen molar-refractivity contribution in [2.75, 3.05) is 5.32 Å². The summed E-state index contributed by atoms with van der Waals surface area (Å²) in [7, 11) is 0. The lowest BCUT2D eigenvalue weighted by Crippen LogP contribution is -2.06. The van der Waals surface area contributed by atoms with Gasteiger partial charge in [-0.05, 0) is 24.3 Å². The van der Waals surface area contributed by atoms with Gasteiger partial charge < -0.3 is 9.88 Å². The Morgan fingerprint density at radius 3 is 2.40 bits per heavy atom. The second-order valence-corrected chi connectivity index (χ2v) is 5.20. The fourth-order valence-electron chi connectivity index (χ4n) is 3.29. The third kappa shape index (κ3) is 1.09. The summed E-state index contributed by atoms with van der Waals surface area (Å²) in [5.74, 6) is 0. The van der Waals surface area contributed by atoms with E-state index in [-0.39, 0.29) is 0 Å². The molecule has 1 aliphatic heterocycles. The van der Waals surface area contributed by atoms with Gasteiger partial charge in [-0.3, -0.25) is 0 Å². The lowest BCUT2D eigenvalue weighted by molar-refractivity contribution is 1.16. The molecule has 0 radical (unpaired) electrons. The molecule has 1 N–H and O–H groups in total. The molecule has 0 spiro atoms. The number of aromatic nitrogens is 1. The minimum absolute atomic E-state index is 1.16. The Bertz CT molecular complexity index is 979. The van der Waals surface area contributed by atoms with E-state index in [2.05, 4.69) is 76.6 Å². The van der Waals surface area contributed by atoms with Crippen LogP contribution in [0, 0.1) is 0 Å². The van der Waals surface area contributed by atoms with Crippen molar-refractivity contribution in [2.24, 2.45) is 0 Å². The van der Waals surface area contributed by atoms with Crippen molar-refractivity contribution in [3.8, 4) is 5.69 Å². The summed E-state index contributed by atoms with van der Waals surface area (Å²) in [5.41, 5.74) is 6.10. The zero-order chi connectivity index (χ0) is 13.1. The molecule has 20 heavy (non-hydrogen) atoms. The van der Waals surface area contributed by atoms with Crippen LogP contribution in [0.5, 0.6) is 0 Å². The maximum Gasteiger partial charge on any atom is 0.0777 e. The summed E-state index contributed by atoms with van der Waals surface area (Å²) in [5, 5.41) is 6.16. The maximum atomic E-state index is 3.54. The average molecular weight is 256 g/mol. The van der Waals surface area contributed by atoms with Crippen molar-refractivity contribution in [2.45, 2.75) is 0 Å². The molecule has 1 aromatic heterocycles. The molecule has 5 rings (SSSR count). The highest BCUT2D eigenvalue weighted by molar-refractivity contribution is 6.15. The van der Waals surface area contributed by atoms with Crippen molar-refractivity contribution in [1.82, 2.24) is 4.57 Å². The van der Waals surface area contributed by atoms with E-state index < -0.39 is 0 Å². The normalized spacial score (nSPS) is 12.4. The van der Waals surface area contributed by atoms with Gasteiger partial charge in [0.15, 0.2) is 0 Å². The molecule has 2 heterocycles. The molecular formula is C18H12N2. The second-order valence-electron chi connectivity index (χ2n) is 5.20. The number of rotatable bonds is 0. The lowest BCUT2D eigenvalue weighted by Gasteiger charge is -2.21. The zero-order valence-electron chi connectivity index (χ0n) is 10.8. The van der Waals surface area contributed by atoms with E-state index in [4.69, 9.17) is 0 Å². The first-order chi connectivity index (χ1) is 9.93. The van der Waals surface area contributed by atoms with Crippen LogP contribution >= 0.6 is 0 Å². The largest absolute Gasteiger partial charge is 0.352 e. The first kappa shape index (κ1) is 10.1. The predicted octanol–water partition coefficient (Wildman–Crippen LogP) is 4.84. The quantitative estimate of drug-likeness (QED) is 0.419. The molecule has 0 saturated heterocycles. The van der Waals surface area contributed by atoms with Crippen molar-refractivity contribution >= 4 is 33.2 Å². The standard InChI is InChI=1S/C18H12N2/c1-3-10-16-12(6-1)13-7-5-9-15-18(13)20(16)17-11-4-2-8-14(17)19-15/h1-11,19H. The number of nitrogens with zero attached hydrogens (tertiary/aromatic N) is 1. The molecule has 0 fully saturated rings. The molecule has 1 aliphatic rings. The third-order valence-corrected chi connectivity index (χ3v) is 4.11. The van der Waals surface area contributed by atoms with Crippen LogP contribution in [0.1, 0.15) is 0 Å². The fraction of sp³-hybridized carbons (Fsp3) is 0. The van der Waals surface area contributed by atoms with Crippen LogP contribution in [0.15, 0.2) is 66.7 Å². The van der Waals surface area contributed by atoms with Gasteiger partial charge in [0, 0.05) is 10.8 Å². The van der Waals surface area contributed by atoms with E-state index in [0.29, 0.717) is 0 Å². The Labute approximate surface area is 116 Å². The van der Waals surface area contributed by atoms with Crippen molar-refractivity contribution in [3.05, 3.63) is 66.7 Å². The number of para-hydroxylation sites is 4. The van der Waals surface area contributed by atoms with Crippen LogP contribution in [0.25, 0.3) is 27.5 Å². The highest BCUT2D eigenvalue weighted by Gasteiger charge is 2.20. The number of fused-ring (bicyclic) bond motifs is 5. The molecule has 0 bridgehead atoms. The van der Waals surface area contributed by atoms with Gasteiger partial charge in [0.25, 0.3) is 0 Å². The van der Waals surface area contributed by atoms with Crippen LogP contribution in [-0.4, -0.2) is 4.57 Å². The molecule has 2 heteroatoms. The molecule has 0 amide bonds. The summed E-state index contributed by atoms with van der Waals surface area (Å²) in [6, 6.07) is 23.5. The van der Waals surface area contributed by atoms with Gasteiger partial charge in [0.2, 0.25) is 0 Å². The summed E-state index contributed by atoms with van der Waals surface area (Å²) in [4.78, 5) is 0. The number of anilines is 2. The molecule has 4 aromatic rings. The fourth-order valence-corrected chi connectivity index (χ4v) is 3.29. The van der Waals surface area contributed by atoms with E-state index in [1.54, 1.807) is 0 Å². The summed E-state index contributed by atoms with van der Waals surface area (Å²) in [6.07, 6.45) is 0. The van der Waals surface area contributed by atoms with Gasteiger partial charge in [-0.25, -0.2) is 0 Å². The molecule has 2 nitrogen and oxygen atoms in total. The summed E-state index contributed by atoms with van der Waals surface area (Å²) < 4.78 is 2.37. The van der Waals surface area contributed by atoms with Crippen LogP contribution in [-0.2, 0) is 0 Å². The zero-order valence-corrected chi connectivity index (χ0v) is 10.8. The van der Waals surface area contributed by atoms with E-state index in [1.807, 2.05) is 0 Å². The molecule has 3 aromatic carbocycles. The van der Waals surface area contributed by atoms with Gasteiger partial charge in [0.05, 0.1) is 28.1 Å². The second kappa shape index (κ2) is 3.42. The number of benzene rings is 3. The van der Waals surface area contributed by atoms with Gasteiger partial charge in [-0.15, -0.1) is 0 Å². The van der Waals surface area contributed by atoms with E-state index >= 15 is 0 Å². The summed E-state index contributed by atoms with van der Waals surface area (Å²) in [6.45, 7) is 0. The van der Waals surface area contributed by atoms with Crippen LogP contribution < -0.4 is 5.32 Å². The van der Waals surface area contributed by atoms with Crippen LogP contribution in [0.4, 0.5) is 11.4 Å². The van der Waals surface area contributed by atoms with Gasteiger partial charge in [-0.1, -0.05) is 42.5 Å². The van der Waals surface area contributed by atoms with E-state index in [9.17, 15) is 0 Å². The smallest absolute Gasteiger partial charge is 0.0777 e. The molecule has 0 saturated carbocycles. The van der Waals surface area contributed by atoms with Crippen molar-refractivity contribution in [3.63, 3.8) is 0 Å². The molecule has 94 valence electrons. The highest BCUT2D eigenvalue weighted by Crippen LogP contribution is 2.42. The molecular weight excluding hydrogens is 244 g/mol. The number of nitrogens with one attached hydrogen (secondary N) is 1. The topological polar surface area (TPSA) is 17.0 Å². The van der Waals surface area contributed by atoms with Crippen molar-refractivity contribution < 1.29 is 0 Å². The van der Waals surface area contributed by atoms with Gasteiger partial charge in [-0.2, -0.15) is 0 Å². The predicted molar refractivity (Wildman–Crippen MR) is 84.1 cm³/mol. The number of hydrogen-bond acceptors (Lipinski definition) is 1. The maximum absolute atomic E-state index is 3.54. The SMILES string of the molecule is c1ccc2c(c1)Nc1cccc3c4ccccc4n-2c13. The Morgan fingerprint density at radius 2 is 1.40 bits per heavy atom. The Morgan fingerprint density at radius 1 is 0.650 bits per heavy atom. The Kier molecular flexibility index (Phi) is 1.73. The van der Waals surface area contributed by atoms with Crippen LogP contribution in [0.3, 0.4) is 0 Å². The molecule has 0 aliphatic carbocycles. The van der Waals surface area contributed by atoms with E-state index in [1.165, 1.54) is 33.2 Å². The molecule has 0 unspecified atom stereocenters. The minimum atomic E-state index is 1.16. The Balaban J connectivity index is 2.12.